The first-order valence-electron chi connectivity index (χ1n) is 6.24. The number of nitrogens with two attached hydrogens (primary N) is 1. The number of nitrogens with one attached hydrogen (secondary N) is 1. The van der Waals surface area contributed by atoms with Crippen molar-refractivity contribution < 1.29 is 14.3 Å². The number of amides is 1. The largest absolute Gasteiger partial charge is 0.497 e. The van der Waals surface area contributed by atoms with E-state index >= 15 is 0 Å². The molecule has 1 heterocycles. The van der Waals surface area contributed by atoms with E-state index < -0.39 is 5.91 Å². The normalized spacial score (nSPS) is 10.0. The van der Waals surface area contributed by atoms with E-state index in [4.69, 9.17) is 15.3 Å². The Labute approximate surface area is 122 Å². The van der Waals surface area contributed by atoms with Gasteiger partial charge in [-0.15, -0.1) is 0 Å². The number of methoxy groups -OCH3 is 1. The molecule has 3 N–H and O–H groups in total. The molecule has 0 saturated carbocycles. The van der Waals surface area contributed by atoms with E-state index in [1.54, 1.807) is 38.3 Å². The molecule has 0 aliphatic rings. The molecule has 2 rings (SSSR count). The van der Waals surface area contributed by atoms with Crippen LogP contribution < -0.4 is 20.7 Å². The number of aromatic nitrogens is 2. The lowest BCUT2D eigenvalue weighted by atomic mass is 10.2. The van der Waals surface area contributed by atoms with Crippen molar-refractivity contribution in [3.05, 3.63) is 47.5 Å². The molecule has 0 radical (unpaired) electrons. The smallest absolute Gasteiger partial charge is 0.268 e. The first-order valence-corrected chi connectivity index (χ1v) is 6.24. The van der Waals surface area contributed by atoms with Crippen LogP contribution in [0.4, 0.5) is 0 Å². The Balaban J connectivity index is 2.03. The molecule has 0 spiro atoms. The SMILES string of the molecule is COc1ccc(OCc2ncc(C(=O)NN)c(C)n2)cc1. The fraction of sp³-hybridized carbons (Fsp3) is 0.214. The monoisotopic (exact) mass is 288 g/mol. The molecule has 0 atom stereocenters. The molecule has 0 aliphatic heterocycles. The molecular weight excluding hydrogens is 272 g/mol. The van der Waals surface area contributed by atoms with Crippen molar-refractivity contribution in [3.63, 3.8) is 0 Å². The Hall–Kier alpha value is -2.67. The maximum atomic E-state index is 11.4. The van der Waals surface area contributed by atoms with E-state index in [1.165, 1.54) is 6.20 Å². The van der Waals surface area contributed by atoms with Crippen molar-refractivity contribution in [2.45, 2.75) is 13.5 Å². The van der Waals surface area contributed by atoms with Gasteiger partial charge in [0.15, 0.2) is 5.82 Å². The maximum Gasteiger partial charge on any atom is 0.268 e. The van der Waals surface area contributed by atoms with Crippen molar-refractivity contribution in [1.29, 1.82) is 0 Å². The molecule has 0 saturated heterocycles. The predicted molar refractivity (Wildman–Crippen MR) is 75.7 cm³/mol. The molecule has 0 unspecified atom stereocenters. The number of hydrogen-bond donors (Lipinski definition) is 2. The Bertz CT molecular complexity index is 629. The van der Waals surface area contributed by atoms with Crippen LogP contribution in [0.5, 0.6) is 11.5 Å². The molecule has 7 heteroatoms. The summed E-state index contributed by atoms with van der Waals surface area (Å²) < 4.78 is 10.6. The van der Waals surface area contributed by atoms with Crippen LogP contribution in [0.3, 0.4) is 0 Å². The van der Waals surface area contributed by atoms with Crippen LogP contribution in [-0.4, -0.2) is 23.0 Å². The van der Waals surface area contributed by atoms with E-state index in [-0.39, 0.29) is 6.61 Å². The Morgan fingerprint density at radius 3 is 2.52 bits per heavy atom. The molecule has 0 fully saturated rings. The highest BCUT2D eigenvalue weighted by Gasteiger charge is 2.10. The molecule has 0 bridgehead atoms. The quantitative estimate of drug-likeness (QED) is 0.483. The highest BCUT2D eigenvalue weighted by atomic mass is 16.5. The van der Waals surface area contributed by atoms with Crippen molar-refractivity contribution in [1.82, 2.24) is 15.4 Å². The van der Waals surface area contributed by atoms with Gasteiger partial charge < -0.3 is 9.47 Å². The zero-order valence-electron chi connectivity index (χ0n) is 11.8. The summed E-state index contributed by atoms with van der Waals surface area (Å²) in [5.41, 5.74) is 2.93. The van der Waals surface area contributed by atoms with Gasteiger partial charge in [0.05, 0.1) is 18.4 Å². The van der Waals surface area contributed by atoms with Crippen LogP contribution >= 0.6 is 0 Å². The van der Waals surface area contributed by atoms with Gasteiger partial charge in [-0.25, -0.2) is 15.8 Å². The van der Waals surface area contributed by atoms with Gasteiger partial charge in [-0.1, -0.05) is 0 Å². The second-order valence-corrected chi connectivity index (χ2v) is 4.22. The van der Waals surface area contributed by atoms with Gasteiger partial charge in [0.2, 0.25) is 0 Å². The Morgan fingerprint density at radius 2 is 1.95 bits per heavy atom. The fourth-order valence-electron chi connectivity index (χ4n) is 1.71. The van der Waals surface area contributed by atoms with Crippen LogP contribution in [0.1, 0.15) is 21.9 Å². The van der Waals surface area contributed by atoms with Gasteiger partial charge in [0.1, 0.15) is 18.1 Å². The number of hydrazine groups is 1. The van der Waals surface area contributed by atoms with Crippen molar-refractivity contribution in [3.8, 4) is 11.5 Å². The van der Waals surface area contributed by atoms with Gasteiger partial charge in [0, 0.05) is 6.20 Å². The van der Waals surface area contributed by atoms with E-state index in [2.05, 4.69) is 9.97 Å². The molecule has 1 amide bonds. The number of carbonyl (C=O) groups excluding carboxylic acids is 1. The second kappa shape index (κ2) is 6.67. The maximum absolute atomic E-state index is 11.4. The molecule has 7 nitrogen and oxygen atoms in total. The van der Waals surface area contributed by atoms with E-state index in [9.17, 15) is 4.79 Å². The van der Waals surface area contributed by atoms with Gasteiger partial charge in [-0.05, 0) is 31.2 Å². The third kappa shape index (κ3) is 3.67. The molecule has 1 aromatic heterocycles. The molecule has 1 aromatic carbocycles. The van der Waals surface area contributed by atoms with Gasteiger partial charge in [-0.2, -0.15) is 0 Å². The summed E-state index contributed by atoms with van der Waals surface area (Å²) in [6.45, 7) is 1.92. The lowest BCUT2D eigenvalue weighted by Gasteiger charge is -2.08. The minimum absolute atomic E-state index is 0.206. The Kier molecular flexibility index (Phi) is 4.68. The van der Waals surface area contributed by atoms with Gasteiger partial charge >= 0.3 is 0 Å². The predicted octanol–water partition coefficient (Wildman–Crippen LogP) is 0.976. The summed E-state index contributed by atoms with van der Waals surface area (Å²) >= 11 is 0. The number of aryl methyl sites for hydroxylation is 1. The second-order valence-electron chi connectivity index (χ2n) is 4.22. The van der Waals surface area contributed by atoms with E-state index in [0.717, 1.165) is 5.75 Å². The number of nitrogen functional groups attached to an aromatic ring is 1. The number of rotatable bonds is 5. The molecule has 0 aliphatic carbocycles. The topological polar surface area (TPSA) is 99.4 Å². The van der Waals surface area contributed by atoms with E-state index in [1.807, 2.05) is 5.43 Å². The first kappa shape index (κ1) is 14.7. The minimum Gasteiger partial charge on any atom is -0.497 e. The lowest BCUT2D eigenvalue weighted by molar-refractivity contribution is 0.0952. The average Bonchev–Trinajstić information content (AvgIpc) is 2.52. The van der Waals surface area contributed by atoms with Gasteiger partial charge in [0.25, 0.3) is 5.91 Å². The summed E-state index contributed by atoms with van der Waals surface area (Å²) in [4.78, 5) is 19.7. The first-order chi connectivity index (χ1) is 10.1. The highest BCUT2D eigenvalue weighted by molar-refractivity contribution is 5.94. The zero-order chi connectivity index (χ0) is 15.2. The fourth-order valence-corrected chi connectivity index (χ4v) is 1.71. The van der Waals surface area contributed by atoms with Crippen LogP contribution in [0, 0.1) is 6.92 Å². The van der Waals surface area contributed by atoms with Gasteiger partial charge in [-0.3, -0.25) is 10.2 Å². The standard InChI is InChI=1S/C14H16N4O3/c1-9-12(14(19)18-15)7-16-13(17-9)8-21-11-5-3-10(20-2)4-6-11/h3-7H,8,15H2,1-2H3,(H,18,19). The third-order valence-electron chi connectivity index (χ3n) is 2.83. The van der Waals surface area contributed by atoms with Crippen molar-refractivity contribution >= 4 is 5.91 Å². The molecule has 2 aromatic rings. The summed E-state index contributed by atoms with van der Waals surface area (Å²) in [6, 6.07) is 7.19. The summed E-state index contributed by atoms with van der Waals surface area (Å²) in [5.74, 6) is 6.58. The zero-order valence-corrected chi connectivity index (χ0v) is 11.8. The molecule has 110 valence electrons. The minimum atomic E-state index is -0.421. The summed E-state index contributed by atoms with van der Waals surface area (Å²) in [6.07, 6.45) is 1.43. The number of benzene rings is 1. The van der Waals surface area contributed by atoms with Crippen LogP contribution in [0.15, 0.2) is 30.5 Å². The average molecular weight is 288 g/mol. The number of nitrogens with zero attached hydrogens (tertiary/aromatic N) is 2. The summed E-state index contributed by atoms with van der Waals surface area (Å²) in [7, 11) is 1.60. The Morgan fingerprint density at radius 1 is 1.29 bits per heavy atom. The van der Waals surface area contributed by atoms with Crippen LogP contribution in [0.2, 0.25) is 0 Å². The molecular formula is C14H16N4O3. The van der Waals surface area contributed by atoms with Crippen molar-refractivity contribution in [2.24, 2.45) is 5.84 Å². The van der Waals surface area contributed by atoms with Crippen LogP contribution in [0.25, 0.3) is 0 Å². The summed E-state index contributed by atoms with van der Waals surface area (Å²) in [5, 5.41) is 0. The lowest BCUT2D eigenvalue weighted by Crippen LogP contribution is -2.31. The number of ether oxygens (including phenoxy) is 2. The highest BCUT2D eigenvalue weighted by Crippen LogP contribution is 2.17. The van der Waals surface area contributed by atoms with Crippen LogP contribution in [-0.2, 0) is 6.61 Å². The van der Waals surface area contributed by atoms with Crippen molar-refractivity contribution in [2.75, 3.05) is 7.11 Å². The number of hydrogen-bond acceptors (Lipinski definition) is 6. The van der Waals surface area contributed by atoms with E-state index in [0.29, 0.717) is 22.8 Å². The molecule has 21 heavy (non-hydrogen) atoms. The number of carbonyl (C=O) groups is 1. The third-order valence-corrected chi connectivity index (χ3v) is 2.83.